The smallest absolute Gasteiger partial charge is 0.328 e. The molecule has 0 aromatic heterocycles. The molecule has 1 amide bonds. The van der Waals surface area contributed by atoms with Crippen LogP contribution in [0.4, 0.5) is 0 Å². The Kier molecular flexibility index (Phi) is 7.44. The van der Waals surface area contributed by atoms with Crippen LogP contribution in [0.5, 0.6) is 5.75 Å². The minimum Gasteiger partial charge on any atom is -0.496 e. The third kappa shape index (κ3) is 5.51. The fraction of sp³-hybridized carbons (Fsp3) is 0.231. The molecule has 1 N–H and O–H groups in total. The summed E-state index contributed by atoms with van der Waals surface area (Å²) in [5.74, 6) is -0.263. The zero-order valence-corrected chi connectivity index (χ0v) is 18.0. The molecule has 0 heterocycles. The second kappa shape index (κ2) is 10.4. The monoisotopic (exact) mass is 417 g/mol. The topological polar surface area (TPSA) is 64.6 Å². The van der Waals surface area contributed by atoms with Crippen molar-refractivity contribution in [3.05, 3.63) is 90.0 Å². The normalized spacial score (nSPS) is 12.5. The van der Waals surface area contributed by atoms with Gasteiger partial charge in [0.25, 0.3) is 0 Å². The molecule has 31 heavy (non-hydrogen) atoms. The largest absolute Gasteiger partial charge is 0.496 e. The van der Waals surface area contributed by atoms with Gasteiger partial charge in [0.1, 0.15) is 11.8 Å². The van der Waals surface area contributed by atoms with Gasteiger partial charge in [0, 0.05) is 12.0 Å². The number of hydrogen-bond acceptors (Lipinski definition) is 4. The molecular formula is C26H27NO4. The minimum atomic E-state index is -0.763. The summed E-state index contributed by atoms with van der Waals surface area (Å²) in [7, 11) is 2.97. The summed E-state index contributed by atoms with van der Waals surface area (Å²) in [6.45, 7) is 1.82. The lowest BCUT2D eigenvalue weighted by Gasteiger charge is -2.20. The number of carbonyl (C=O) groups is 2. The molecule has 160 valence electrons. The van der Waals surface area contributed by atoms with E-state index in [1.807, 2.05) is 85.8 Å². The number of rotatable bonds is 8. The molecule has 3 rings (SSSR count). The Morgan fingerprint density at radius 2 is 1.52 bits per heavy atom. The number of nitrogens with one attached hydrogen (secondary N) is 1. The van der Waals surface area contributed by atoms with Crippen molar-refractivity contribution >= 4 is 11.9 Å². The third-order valence-corrected chi connectivity index (χ3v) is 5.31. The van der Waals surface area contributed by atoms with E-state index >= 15 is 0 Å². The van der Waals surface area contributed by atoms with Crippen molar-refractivity contribution in [2.45, 2.75) is 25.3 Å². The fourth-order valence-electron chi connectivity index (χ4n) is 3.46. The lowest BCUT2D eigenvalue weighted by Crippen LogP contribution is -2.44. The van der Waals surface area contributed by atoms with Crippen molar-refractivity contribution in [2.75, 3.05) is 14.2 Å². The van der Waals surface area contributed by atoms with Gasteiger partial charge in [-0.15, -0.1) is 0 Å². The van der Waals surface area contributed by atoms with E-state index in [1.165, 1.54) is 7.11 Å². The van der Waals surface area contributed by atoms with Gasteiger partial charge in [-0.05, 0) is 29.7 Å². The lowest BCUT2D eigenvalue weighted by molar-refractivity contribution is -0.145. The molecule has 0 aliphatic rings. The molecule has 0 aliphatic carbocycles. The van der Waals surface area contributed by atoms with Crippen molar-refractivity contribution in [3.63, 3.8) is 0 Å². The molecule has 3 aromatic carbocycles. The van der Waals surface area contributed by atoms with Crippen molar-refractivity contribution in [2.24, 2.45) is 0 Å². The Labute approximate surface area is 183 Å². The van der Waals surface area contributed by atoms with Crippen LogP contribution in [0.3, 0.4) is 0 Å². The van der Waals surface area contributed by atoms with Crippen LogP contribution < -0.4 is 10.1 Å². The number of carbonyl (C=O) groups excluding carboxylic acids is 2. The highest BCUT2D eigenvalue weighted by Crippen LogP contribution is 2.29. The molecule has 0 aliphatic heterocycles. The van der Waals surface area contributed by atoms with Crippen molar-refractivity contribution in [1.82, 2.24) is 5.32 Å². The SMILES string of the molecule is COC(=O)[C@H](Cc1ccc(-c2ccccc2OC)cc1)NC(=O)C(C)c1ccccc1. The standard InChI is InChI=1S/C26H27NO4/c1-18(20-9-5-4-6-10-20)25(28)27-23(26(29)31-3)17-19-13-15-21(16-14-19)22-11-7-8-12-24(22)30-2/h4-16,18,23H,17H2,1-3H3,(H,27,28)/t18?,23-/m0/s1. The highest BCUT2D eigenvalue weighted by molar-refractivity contribution is 5.88. The van der Waals surface area contributed by atoms with E-state index in [9.17, 15) is 9.59 Å². The number of methoxy groups -OCH3 is 2. The van der Waals surface area contributed by atoms with Gasteiger partial charge >= 0.3 is 5.97 Å². The van der Waals surface area contributed by atoms with Crippen LogP contribution in [0.1, 0.15) is 24.0 Å². The molecule has 1 unspecified atom stereocenters. The van der Waals surface area contributed by atoms with E-state index in [0.717, 1.165) is 28.0 Å². The van der Waals surface area contributed by atoms with Crippen LogP contribution in [-0.2, 0) is 20.7 Å². The predicted octanol–water partition coefficient (Wildman–Crippen LogP) is 4.37. The predicted molar refractivity (Wildman–Crippen MR) is 121 cm³/mol. The number of hydrogen-bond donors (Lipinski definition) is 1. The summed E-state index contributed by atoms with van der Waals surface area (Å²) >= 11 is 0. The van der Waals surface area contributed by atoms with Gasteiger partial charge in [-0.1, -0.05) is 72.8 Å². The van der Waals surface area contributed by atoms with Crippen molar-refractivity contribution in [3.8, 4) is 16.9 Å². The first kappa shape index (κ1) is 22.1. The van der Waals surface area contributed by atoms with Crippen LogP contribution in [-0.4, -0.2) is 32.1 Å². The Morgan fingerprint density at radius 1 is 0.871 bits per heavy atom. The summed E-state index contributed by atoms with van der Waals surface area (Å²) in [5, 5.41) is 2.85. The summed E-state index contributed by atoms with van der Waals surface area (Å²) < 4.78 is 10.4. The maximum Gasteiger partial charge on any atom is 0.328 e. The molecular weight excluding hydrogens is 390 g/mol. The first-order chi connectivity index (χ1) is 15.0. The number of esters is 1. The highest BCUT2D eigenvalue weighted by atomic mass is 16.5. The van der Waals surface area contributed by atoms with Gasteiger partial charge in [-0.25, -0.2) is 4.79 Å². The third-order valence-electron chi connectivity index (χ3n) is 5.31. The van der Waals surface area contributed by atoms with E-state index in [0.29, 0.717) is 6.42 Å². The molecule has 5 nitrogen and oxygen atoms in total. The highest BCUT2D eigenvalue weighted by Gasteiger charge is 2.25. The Bertz CT molecular complexity index is 1020. The first-order valence-electron chi connectivity index (χ1n) is 10.2. The molecule has 0 fully saturated rings. The maximum atomic E-state index is 12.7. The van der Waals surface area contributed by atoms with Crippen LogP contribution in [0.25, 0.3) is 11.1 Å². The molecule has 0 bridgehead atoms. The molecule has 0 spiro atoms. The second-order valence-corrected chi connectivity index (χ2v) is 7.32. The Morgan fingerprint density at radius 3 is 2.16 bits per heavy atom. The Balaban J connectivity index is 1.74. The lowest BCUT2D eigenvalue weighted by atomic mass is 9.98. The van der Waals surface area contributed by atoms with E-state index < -0.39 is 12.0 Å². The van der Waals surface area contributed by atoms with Crippen LogP contribution in [0, 0.1) is 0 Å². The average Bonchev–Trinajstić information content (AvgIpc) is 2.83. The quantitative estimate of drug-likeness (QED) is 0.553. The Hall–Kier alpha value is -3.60. The molecule has 0 radical (unpaired) electrons. The fourth-order valence-corrected chi connectivity index (χ4v) is 3.46. The number of para-hydroxylation sites is 1. The van der Waals surface area contributed by atoms with Crippen LogP contribution in [0.15, 0.2) is 78.9 Å². The van der Waals surface area contributed by atoms with Gasteiger partial charge in [0.2, 0.25) is 5.91 Å². The van der Waals surface area contributed by atoms with Gasteiger partial charge in [0.15, 0.2) is 0 Å². The number of ether oxygens (including phenoxy) is 2. The first-order valence-corrected chi connectivity index (χ1v) is 10.2. The summed E-state index contributed by atoms with van der Waals surface area (Å²) in [4.78, 5) is 25.1. The summed E-state index contributed by atoms with van der Waals surface area (Å²) in [6, 6.07) is 24.4. The molecule has 5 heteroatoms. The van der Waals surface area contributed by atoms with Crippen LogP contribution in [0.2, 0.25) is 0 Å². The maximum absolute atomic E-state index is 12.7. The van der Waals surface area contributed by atoms with E-state index in [4.69, 9.17) is 9.47 Å². The van der Waals surface area contributed by atoms with Crippen LogP contribution >= 0.6 is 0 Å². The van der Waals surface area contributed by atoms with Gasteiger partial charge in [-0.3, -0.25) is 4.79 Å². The molecule has 0 saturated carbocycles. The second-order valence-electron chi connectivity index (χ2n) is 7.32. The van der Waals surface area contributed by atoms with Gasteiger partial charge in [0.05, 0.1) is 20.1 Å². The van der Waals surface area contributed by atoms with Gasteiger partial charge in [-0.2, -0.15) is 0 Å². The number of amides is 1. The van der Waals surface area contributed by atoms with Crippen molar-refractivity contribution in [1.29, 1.82) is 0 Å². The van der Waals surface area contributed by atoms with E-state index in [2.05, 4.69) is 5.32 Å². The molecule has 2 atom stereocenters. The zero-order chi connectivity index (χ0) is 22.2. The number of benzene rings is 3. The molecule has 0 saturated heterocycles. The molecule has 3 aromatic rings. The average molecular weight is 418 g/mol. The van der Waals surface area contributed by atoms with Crippen molar-refractivity contribution < 1.29 is 19.1 Å². The van der Waals surface area contributed by atoms with Gasteiger partial charge < -0.3 is 14.8 Å². The van der Waals surface area contributed by atoms with E-state index in [-0.39, 0.29) is 11.8 Å². The minimum absolute atomic E-state index is 0.216. The summed E-state index contributed by atoms with van der Waals surface area (Å²) in [5.41, 5.74) is 3.81. The van der Waals surface area contributed by atoms with E-state index in [1.54, 1.807) is 7.11 Å². The zero-order valence-electron chi connectivity index (χ0n) is 18.0. The summed E-state index contributed by atoms with van der Waals surface area (Å²) in [6.07, 6.45) is 0.339.